The first kappa shape index (κ1) is 17.7. The van der Waals surface area contributed by atoms with Crippen molar-refractivity contribution in [2.45, 2.75) is 38.6 Å². The Morgan fingerprint density at radius 2 is 1.96 bits per heavy atom. The molecule has 2 atom stereocenters. The van der Waals surface area contributed by atoms with Crippen LogP contribution in [0.25, 0.3) is 0 Å². The molecule has 0 heterocycles. The largest absolute Gasteiger partial charge is 0.480 e. The Kier molecular flexibility index (Phi) is 5.68. The van der Waals surface area contributed by atoms with Crippen LogP contribution in [0.2, 0.25) is 0 Å². The number of carbonyl (C=O) groups is 4. The van der Waals surface area contributed by atoms with Crippen molar-refractivity contribution < 1.29 is 24.3 Å². The normalized spacial score (nSPS) is 18.5. The van der Waals surface area contributed by atoms with Gasteiger partial charge in [-0.3, -0.25) is 14.4 Å². The molecule has 0 aromatic heterocycles. The topological polar surface area (TPSA) is 113 Å². The maximum absolute atomic E-state index is 12.5. The molecule has 0 saturated heterocycles. The molecule has 0 bridgehead atoms. The molecular formula is C17H20N2O5. The summed E-state index contributed by atoms with van der Waals surface area (Å²) in [6.45, 7) is 1.32. The number of Topliss-reactive ketones (excluding diaryl/α,β-unsaturated/α-hetero) is 1. The van der Waals surface area contributed by atoms with Crippen molar-refractivity contribution >= 4 is 29.3 Å². The van der Waals surface area contributed by atoms with Crippen molar-refractivity contribution in [3.63, 3.8) is 0 Å². The molecule has 0 aliphatic heterocycles. The number of carboxylic acid groups (broad SMARTS) is 1. The molecule has 1 aromatic rings. The minimum absolute atomic E-state index is 0.0189. The molecule has 7 heteroatoms. The molecule has 2 amide bonds. The highest BCUT2D eigenvalue weighted by Crippen LogP contribution is 2.25. The van der Waals surface area contributed by atoms with Crippen LogP contribution in [0, 0.1) is 5.92 Å². The molecule has 1 aromatic carbocycles. The van der Waals surface area contributed by atoms with Gasteiger partial charge >= 0.3 is 5.97 Å². The number of para-hydroxylation sites is 1. The molecule has 1 saturated carbocycles. The van der Waals surface area contributed by atoms with Gasteiger partial charge in [0.05, 0.1) is 11.3 Å². The zero-order valence-electron chi connectivity index (χ0n) is 13.4. The summed E-state index contributed by atoms with van der Waals surface area (Å²) in [5.74, 6) is -2.49. The Morgan fingerprint density at radius 1 is 1.25 bits per heavy atom. The number of ketones is 1. The van der Waals surface area contributed by atoms with Gasteiger partial charge in [-0.15, -0.1) is 0 Å². The average Bonchev–Trinajstić information content (AvgIpc) is 2.52. The van der Waals surface area contributed by atoms with Gasteiger partial charge in [-0.05, 0) is 30.9 Å². The average molecular weight is 332 g/mol. The van der Waals surface area contributed by atoms with Gasteiger partial charge in [0, 0.05) is 19.8 Å². The van der Waals surface area contributed by atoms with Crippen molar-refractivity contribution in [3.05, 3.63) is 29.8 Å². The third kappa shape index (κ3) is 4.41. The van der Waals surface area contributed by atoms with E-state index in [1.54, 1.807) is 18.2 Å². The van der Waals surface area contributed by atoms with E-state index in [-0.39, 0.29) is 23.7 Å². The summed E-state index contributed by atoms with van der Waals surface area (Å²) in [4.78, 5) is 46.8. The molecule has 0 radical (unpaired) electrons. The highest BCUT2D eigenvalue weighted by atomic mass is 16.4. The van der Waals surface area contributed by atoms with Crippen LogP contribution in [0.15, 0.2) is 24.3 Å². The van der Waals surface area contributed by atoms with Crippen LogP contribution in [-0.4, -0.2) is 34.7 Å². The second-order valence-electron chi connectivity index (χ2n) is 5.91. The number of amides is 2. The van der Waals surface area contributed by atoms with E-state index in [2.05, 4.69) is 10.6 Å². The van der Waals surface area contributed by atoms with Gasteiger partial charge in [0.2, 0.25) is 5.91 Å². The number of anilines is 1. The minimum Gasteiger partial charge on any atom is -0.480 e. The fourth-order valence-corrected chi connectivity index (χ4v) is 2.92. The Bertz CT molecular complexity index is 671. The lowest BCUT2D eigenvalue weighted by Gasteiger charge is -2.27. The monoisotopic (exact) mass is 332 g/mol. The van der Waals surface area contributed by atoms with E-state index in [0.29, 0.717) is 24.9 Å². The number of hydrogen-bond acceptors (Lipinski definition) is 4. The lowest BCUT2D eigenvalue weighted by Crippen LogP contribution is -2.47. The van der Waals surface area contributed by atoms with Crippen LogP contribution in [0.5, 0.6) is 0 Å². The van der Waals surface area contributed by atoms with Gasteiger partial charge in [-0.25, -0.2) is 4.79 Å². The number of carboxylic acids is 1. The van der Waals surface area contributed by atoms with Gasteiger partial charge in [0.15, 0.2) is 0 Å². The summed E-state index contributed by atoms with van der Waals surface area (Å²) in [5.41, 5.74) is 0.493. The first-order valence-electron chi connectivity index (χ1n) is 7.80. The van der Waals surface area contributed by atoms with E-state index in [1.165, 1.54) is 13.0 Å². The van der Waals surface area contributed by atoms with Crippen LogP contribution in [0.4, 0.5) is 5.69 Å². The lowest BCUT2D eigenvalue weighted by atomic mass is 9.83. The number of carbonyl (C=O) groups excluding carboxylic acids is 3. The highest BCUT2D eigenvalue weighted by molar-refractivity contribution is 6.04. The van der Waals surface area contributed by atoms with E-state index in [4.69, 9.17) is 0 Å². The SMILES string of the molecule is CC(=O)Nc1ccccc1C(=O)N[C@@H](C(=O)O)[C@@H]1CCCC(=O)C1. The molecule has 0 spiro atoms. The second-order valence-corrected chi connectivity index (χ2v) is 5.91. The van der Waals surface area contributed by atoms with E-state index in [9.17, 15) is 24.3 Å². The maximum Gasteiger partial charge on any atom is 0.326 e. The summed E-state index contributed by atoms with van der Waals surface area (Å²) in [6, 6.07) is 5.23. The zero-order chi connectivity index (χ0) is 17.7. The van der Waals surface area contributed by atoms with Crippen molar-refractivity contribution in [2.24, 2.45) is 5.92 Å². The van der Waals surface area contributed by atoms with Crippen LogP contribution in [0.1, 0.15) is 43.0 Å². The molecule has 1 aliphatic rings. The predicted octanol–water partition coefficient (Wildman–Crippen LogP) is 1.59. The molecular weight excluding hydrogens is 312 g/mol. The van der Waals surface area contributed by atoms with E-state index in [1.807, 2.05) is 0 Å². The van der Waals surface area contributed by atoms with Crippen molar-refractivity contribution in [2.75, 3.05) is 5.32 Å². The van der Waals surface area contributed by atoms with E-state index < -0.39 is 23.8 Å². The maximum atomic E-state index is 12.5. The Balaban J connectivity index is 2.18. The number of aliphatic carboxylic acids is 1. The predicted molar refractivity (Wildman–Crippen MR) is 86.6 cm³/mol. The first-order valence-corrected chi connectivity index (χ1v) is 7.80. The van der Waals surface area contributed by atoms with Gasteiger partial charge in [-0.1, -0.05) is 12.1 Å². The number of rotatable bonds is 5. The highest BCUT2D eigenvalue weighted by Gasteiger charge is 2.33. The molecule has 128 valence electrons. The van der Waals surface area contributed by atoms with Gasteiger partial charge < -0.3 is 15.7 Å². The molecule has 3 N–H and O–H groups in total. The molecule has 24 heavy (non-hydrogen) atoms. The van der Waals surface area contributed by atoms with Crippen LogP contribution in [0.3, 0.4) is 0 Å². The molecule has 7 nitrogen and oxygen atoms in total. The summed E-state index contributed by atoms with van der Waals surface area (Å²) < 4.78 is 0. The quantitative estimate of drug-likeness (QED) is 0.758. The van der Waals surface area contributed by atoms with Crippen LogP contribution < -0.4 is 10.6 Å². The van der Waals surface area contributed by atoms with Crippen molar-refractivity contribution in [1.29, 1.82) is 0 Å². The van der Waals surface area contributed by atoms with Gasteiger partial charge in [0.25, 0.3) is 5.91 Å². The van der Waals surface area contributed by atoms with E-state index in [0.717, 1.165) is 0 Å². The standard InChI is InChI=1S/C17H20N2O5/c1-10(20)18-14-8-3-2-7-13(14)16(22)19-15(17(23)24)11-5-4-6-12(21)9-11/h2-3,7-8,11,15H,4-6,9H2,1H3,(H,18,20)(H,19,22)(H,23,24)/t11-,15-/m1/s1. The van der Waals surface area contributed by atoms with Crippen LogP contribution in [-0.2, 0) is 14.4 Å². The van der Waals surface area contributed by atoms with Gasteiger partial charge in [0.1, 0.15) is 11.8 Å². The molecule has 2 rings (SSSR count). The van der Waals surface area contributed by atoms with Crippen molar-refractivity contribution in [1.82, 2.24) is 5.32 Å². The zero-order valence-corrected chi connectivity index (χ0v) is 13.4. The molecule has 1 fully saturated rings. The Labute approximate surface area is 139 Å². The Morgan fingerprint density at radius 3 is 2.58 bits per heavy atom. The van der Waals surface area contributed by atoms with E-state index >= 15 is 0 Å². The second kappa shape index (κ2) is 7.72. The molecule has 1 aliphatic carbocycles. The lowest BCUT2D eigenvalue weighted by molar-refractivity contribution is -0.141. The third-order valence-electron chi connectivity index (χ3n) is 4.03. The van der Waals surface area contributed by atoms with Crippen molar-refractivity contribution in [3.8, 4) is 0 Å². The summed E-state index contributed by atoms with van der Waals surface area (Å²) in [6.07, 6.45) is 1.83. The Hall–Kier alpha value is -2.70. The number of benzene rings is 1. The molecule has 0 unspecified atom stereocenters. The first-order chi connectivity index (χ1) is 11.4. The van der Waals surface area contributed by atoms with Gasteiger partial charge in [-0.2, -0.15) is 0 Å². The van der Waals surface area contributed by atoms with Crippen LogP contribution >= 0.6 is 0 Å². The minimum atomic E-state index is -1.17. The fraction of sp³-hybridized carbons (Fsp3) is 0.412. The fourth-order valence-electron chi connectivity index (χ4n) is 2.92. The summed E-state index contributed by atoms with van der Waals surface area (Å²) in [7, 11) is 0. The smallest absolute Gasteiger partial charge is 0.326 e. The summed E-state index contributed by atoms with van der Waals surface area (Å²) >= 11 is 0. The number of nitrogens with one attached hydrogen (secondary N) is 2. The number of hydrogen-bond donors (Lipinski definition) is 3. The third-order valence-corrected chi connectivity index (χ3v) is 4.03. The summed E-state index contributed by atoms with van der Waals surface area (Å²) in [5, 5.41) is 14.5.